The molecule has 6 heteroatoms. The lowest BCUT2D eigenvalue weighted by molar-refractivity contribution is -0.222. The van der Waals surface area contributed by atoms with Crippen molar-refractivity contribution in [2.75, 3.05) is 5.32 Å². The van der Waals surface area contributed by atoms with Crippen molar-refractivity contribution in [1.82, 2.24) is 0 Å². The van der Waals surface area contributed by atoms with Gasteiger partial charge in [-0.05, 0) is 17.5 Å². The van der Waals surface area contributed by atoms with Crippen LogP contribution in [0.25, 0.3) is 0 Å². The number of nitrogens with one attached hydrogen (secondary N) is 1. The van der Waals surface area contributed by atoms with Crippen LogP contribution in [0.4, 0.5) is 5.69 Å². The number of carbonyl (C=O) groups excluding carboxylic acids is 2. The first-order chi connectivity index (χ1) is 10.2. The van der Waals surface area contributed by atoms with Crippen molar-refractivity contribution < 1.29 is 24.2 Å². The third kappa shape index (κ3) is 3.39. The summed E-state index contributed by atoms with van der Waals surface area (Å²) in [6, 6.07) is 5.05. The number of esters is 2. The van der Waals surface area contributed by atoms with Gasteiger partial charge in [-0.15, -0.1) is 0 Å². The van der Waals surface area contributed by atoms with Crippen molar-refractivity contribution in [3.63, 3.8) is 0 Å². The van der Waals surface area contributed by atoms with Gasteiger partial charge in [-0.2, -0.15) is 0 Å². The number of aromatic hydroxyl groups is 1. The van der Waals surface area contributed by atoms with Crippen LogP contribution in [0.3, 0.4) is 0 Å². The van der Waals surface area contributed by atoms with E-state index in [-0.39, 0.29) is 17.2 Å². The number of benzene rings is 1. The molecular formula is C16H19NO5. The summed E-state index contributed by atoms with van der Waals surface area (Å²) in [7, 11) is 0. The van der Waals surface area contributed by atoms with Gasteiger partial charge in [0.2, 0.25) is 0 Å². The minimum Gasteiger partial charge on any atom is -0.508 e. The summed E-state index contributed by atoms with van der Waals surface area (Å²) >= 11 is 0. The first-order valence-electron chi connectivity index (χ1n) is 6.96. The summed E-state index contributed by atoms with van der Waals surface area (Å²) in [6.07, 6.45) is 1.21. The number of hydrogen-bond acceptors (Lipinski definition) is 6. The van der Waals surface area contributed by atoms with E-state index in [0.717, 1.165) is 5.56 Å². The predicted octanol–water partition coefficient (Wildman–Crippen LogP) is 2.65. The van der Waals surface area contributed by atoms with Gasteiger partial charge in [0.05, 0.1) is 0 Å². The SMILES string of the molecule is CC(C)c1ccc(NC=C2C(=O)OC(C)(C)OC2=O)cc1O. The molecule has 6 nitrogen and oxygen atoms in total. The van der Waals surface area contributed by atoms with Crippen LogP contribution in [-0.4, -0.2) is 22.8 Å². The maximum absolute atomic E-state index is 11.8. The van der Waals surface area contributed by atoms with Crippen LogP contribution in [0.5, 0.6) is 5.75 Å². The largest absolute Gasteiger partial charge is 0.508 e. The molecule has 1 saturated heterocycles. The fourth-order valence-electron chi connectivity index (χ4n) is 2.06. The minimum atomic E-state index is -1.26. The molecule has 0 saturated carbocycles. The van der Waals surface area contributed by atoms with Crippen molar-refractivity contribution in [3.05, 3.63) is 35.5 Å². The first kappa shape index (κ1) is 15.9. The average molecular weight is 305 g/mol. The molecule has 0 bridgehead atoms. The Labute approximate surface area is 128 Å². The summed E-state index contributed by atoms with van der Waals surface area (Å²) in [5.41, 5.74) is 1.13. The van der Waals surface area contributed by atoms with Gasteiger partial charge in [0, 0.05) is 31.8 Å². The molecule has 0 spiro atoms. The summed E-state index contributed by atoms with van der Waals surface area (Å²) in [4.78, 5) is 23.5. The Balaban J connectivity index is 2.17. The number of anilines is 1. The molecule has 0 amide bonds. The maximum atomic E-state index is 11.8. The van der Waals surface area contributed by atoms with E-state index in [2.05, 4.69) is 5.32 Å². The van der Waals surface area contributed by atoms with Crippen molar-refractivity contribution in [1.29, 1.82) is 0 Å². The minimum absolute atomic E-state index is 0.147. The van der Waals surface area contributed by atoms with E-state index in [1.807, 2.05) is 13.8 Å². The van der Waals surface area contributed by atoms with Gasteiger partial charge in [0.25, 0.3) is 5.79 Å². The fourth-order valence-corrected chi connectivity index (χ4v) is 2.06. The molecule has 1 aromatic carbocycles. The lowest BCUT2D eigenvalue weighted by Crippen LogP contribution is -2.42. The van der Waals surface area contributed by atoms with Crippen molar-refractivity contribution >= 4 is 17.6 Å². The highest BCUT2D eigenvalue weighted by Gasteiger charge is 2.38. The van der Waals surface area contributed by atoms with Crippen LogP contribution < -0.4 is 5.32 Å². The molecule has 1 aliphatic heterocycles. The molecular weight excluding hydrogens is 286 g/mol. The number of cyclic esters (lactones) is 2. The summed E-state index contributed by atoms with van der Waals surface area (Å²) in [5.74, 6) is -2.43. The second-order valence-electron chi connectivity index (χ2n) is 5.81. The highest BCUT2D eigenvalue weighted by Crippen LogP contribution is 2.28. The Hall–Kier alpha value is -2.50. The number of rotatable bonds is 3. The molecule has 2 rings (SSSR count). The normalized spacial score (nSPS) is 17.0. The lowest BCUT2D eigenvalue weighted by Gasteiger charge is -2.29. The van der Waals surface area contributed by atoms with Crippen LogP contribution in [0.2, 0.25) is 0 Å². The van der Waals surface area contributed by atoms with Gasteiger partial charge >= 0.3 is 11.9 Å². The maximum Gasteiger partial charge on any atom is 0.350 e. The smallest absolute Gasteiger partial charge is 0.350 e. The van der Waals surface area contributed by atoms with Gasteiger partial charge in [0.1, 0.15) is 5.75 Å². The highest BCUT2D eigenvalue weighted by atomic mass is 16.7. The summed E-state index contributed by atoms with van der Waals surface area (Å²) in [5, 5.41) is 12.7. The molecule has 0 aromatic heterocycles. The Morgan fingerprint density at radius 3 is 2.27 bits per heavy atom. The van der Waals surface area contributed by atoms with Gasteiger partial charge in [-0.3, -0.25) is 0 Å². The molecule has 1 aliphatic rings. The third-order valence-corrected chi connectivity index (χ3v) is 3.15. The lowest BCUT2D eigenvalue weighted by atomic mass is 10.0. The van der Waals surface area contributed by atoms with E-state index < -0.39 is 17.7 Å². The summed E-state index contributed by atoms with van der Waals surface area (Å²) in [6.45, 7) is 6.91. The van der Waals surface area contributed by atoms with E-state index in [9.17, 15) is 14.7 Å². The highest BCUT2D eigenvalue weighted by molar-refractivity contribution is 6.15. The molecule has 0 radical (unpaired) electrons. The van der Waals surface area contributed by atoms with Gasteiger partial charge < -0.3 is 19.9 Å². The molecule has 1 fully saturated rings. The quantitative estimate of drug-likeness (QED) is 0.507. The number of hydrogen-bond donors (Lipinski definition) is 2. The molecule has 118 valence electrons. The Bertz CT molecular complexity index is 624. The van der Waals surface area contributed by atoms with E-state index in [0.29, 0.717) is 5.69 Å². The van der Waals surface area contributed by atoms with Crippen LogP contribution in [0.1, 0.15) is 39.2 Å². The van der Waals surface area contributed by atoms with Crippen LogP contribution in [0.15, 0.2) is 30.0 Å². The van der Waals surface area contributed by atoms with Crippen molar-refractivity contribution in [3.8, 4) is 5.75 Å². The van der Waals surface area contributed by atoms with Gasteiger partial charge in [0.15, 0.2) is 5.57 Å². The number of phenolic OH excluding ortho intramolecular Hbond substituents is 1. The number of carbonyl (C=O) groups is 2. The van der Waals surface area contributed by atoms with E-state index in [1.54, 1.807) is 12.1 Å². The third-order valence-electron chi connectivity index (χ3n) is 3.15. The van der Waals surface area contributed by atoms with Crippen LogP contribution in [0, 0.1) is 0 Å². The van der Waals surface area contributed by atoms with Crippen LogP contribution in [-0.2, 0) is 19.1 Å². The Kier molecular flexibility index (Phi) is 4.12. The number of phenols is 1. The van der Waals surface area contributed by atoms with E-state index in [4.69, 9.17) is 9.47 Å². The van der Waals surface area contributed by atoms with Gasteiger partial charge in [-0.1, -0.05) is 19.9 Å². The van der Waals surface area contributed by atoms with E-state index in [1.165, 1.54) is 26.1 Å². The average Bonchev–Trinajstić information content (AvgIpc) is 2.35. The molecule has 1 aromatic rings. The zero-order valence-corrected chi connectivity index (χ0v) is 13.0. The molecule has 1 heterocycles. The zero-order valence-electron chi connectivity index (χ0n) is 13.0. The van der Waals surface area contributed by atoms with Crippen molar-refractivity contribution in [2.24, 2.45) is 0 Å². The van der Waals surface area contributed by atoms with E-state index >= 15 is 0 Å². The molecule has 0 atom stereocenters. The standard InChI is InChI=1S/C16H19NO5/c1-9(2)11-6-5-10(7-13(11)18)17-8-12-14(19)21-16(3,4)22-15(12)20/h5-9,17-18H,1-4H3. The van der Waals surface area contributed by atoms with Crippen LogP contribution >= 0.6 is 0 Å². The fraction of sp³-hybridized carbons (Fsp3) is 0.375. The second-order valence-corrected chi connectivity index (χ2v) is 5.81. The molecule has 2 N–H and O–H groups in total. The second kappa shape index (κ2) is 5.71. The first-order valence-corrected chi connectivity index (χ1v) is 6.96. The molecule has 0 aliphatic carbocycles. The predicted molar refractivity (Wildman–Crippen MR) is 80.2 cm³/mol. The summed E-state index contributed by atoms with van der Waals surface area (Å²) < 4.78 is 9.96. The molecule has 0 unspecified atom stereocenters. The Morgan fingerprint density at radius 1 is 1.18 bits per heavy atom. The zero-order chi connectivity index (χ0) is 16.5. The monoisotopic (exact) mass is 305 g/mol. The topological polar surface area (TPSA) is 84.9 Å². The number of ether oxygens (including phenoxy) is 2. The Morgan fingerprint density at radius 2 is 1.77 bits per heavy atom. The van der Waals surface area contributed by atoms with Crippen molar-refractivity contribution in [2.45, 2.75) is 39.4 Å². The van der Waals surface area contributed by atoms with Gasteiger partial charge in [-0.25, -0.2) is 9.59 Å². The molecule has 22 heavy (non-hydrogen) atoms.